The first-order valence-electron chi connectivity index (χ1n) is 4.85. The highest BCUT2D eigenvalue weighted by Crippen LogP contribution is 2.28. The molecule has 86 valence electrons. The van der Waals surface area contributed by atoms with Gasteiger partial charge in [0.05, 0.1) is 0 Å². The number of rotatable bonds is 6. The Balaban J connectivity index is 2.41. The molecule has 0 amide bonds. The van der Waals surface area contributed by atoms with E-state index in [0.717, 1.165) is 14.4 Å². The third-order valence-corrected chi connectivity index (χ3v) is 5.28. The van der Waals surface area contributed by atoms with Gasteiger partial charge < -0.3 is 5.32 Å². The molecule has 1 aromatic rings. The quantitative estimate of drug-likeness (QED) is 0.799. The van der Waals surface area contributed by atoms with E-state index in [2.05, 4.69) is 29.4 Å². The van der Waals surface area contributed by atoms with Crippen molar-refractivity contribution in [1.29, 1.82) is 0 Å². The molecule has 1 atom stereocenters. The summed E-state index contributed by atoms with van der Waals surface area (Å²) in [5.74, 6) is 1.70. The maximum absolute atomic E-state index is 4.14. The van der Waals surface area contributed by atoms with Crippen molar-refractivity contribution in [1.82, 2.24) is 15.5 Å². The Labute approximate surface area is 104 Å². The van der Waals surface area contributed by atoms with E-state index in [9.17, 15) is 0 Å². The standard InChI is InChI=1S/C9H17N3S3/c1-6(2)7(10-3)5-14-9-12-11-8(13-4)15-9/h6-7,10H,5H2,1-4H3. The Bertz CT molecular complexity index is 288. The van der Waals surface area contributed by atoms with Gasteiger partial charge in [-0.2, -0.15) is 0 Å². The van der Waals surface area contributed by atoms with Gasteiger partial charge in [-0.1, -0.05) is 48.7 Å². The van der Waals surface area contributed by atoms with Crippen molar-refractivity contribution in [2.45, 2.75) is 28.6 Å². The van der Waals surface area contributed by atoms with Gasteiger partial charge in [0, 0.05) is 11.8 Å². The lowest BCUT2D eigenvalue weighted by Gasteiger charge is -2.18. The van der Waals surface area contributed by atoms with Gasteiger partial charge in [-0.25, -0.2) is 0 Å². The first kappa shape index (κ1) is 13.3. The van der Waals surface area contributed by atoms with Gasteiger partial charge in [0.25, 0.3) is 0 Å². The summed E-state index contributed by atoms with van der Waals surface area (Å²) < 4.78 is 2.11. The smallest absolute Gasteiger partial charge is 0.175 e. The number of nitrogens with one attached hydrogen (secondary N) is 1. The third kappa shape index (κ3) is 4.30. The fraction of sp³-hybridized carbons (Fsp3) is 0.778. The molecule has 6 heteroatoms. The molecule has 1 N–H and O–H groups in total. The first-order chi connectivity index (χ1) is 7.17. The van der Waals surface area contributed by atoms with Crippen LogP contribution < -0.4 is 5.32 Å². The zero-order chi connectivity index (χ0) is 11.3. The monoisotopic (exact) mass is 263 g/mol. The minimum Gasteiger partial charge on any atom is -0.316 e. The van der Waals surface area contributed by atoms with E-state index in [0.29, 0.717) is 12.0 Å². The van der Waals surface area contributed by atoms with E-state index in [4.69, 9.17) is 0 Å². The molecule has 0 bridgehead atoms. The van der Waals surface area contributed by atoms with Crippen LogP contribution in [0.2, 0.25) is 0 Å². The Morgan fingerprint density at radius 3 is 2.47 bits per heavy atom. The molecule has 0 aromatic carbocycles. The molecular formula is C9H17N3S3. The molecule has 0 aliphatic carbocycles. The van der Waals surface area contributed by atoms with E-state index in [1.807, 2.05) is 13.3 Å². The average molecular weight is 263 g/mol. The largest absolute Gasteiger partial charge is 0.316 e. The molecule has 1 rings (SSSR count). The van der Waals surface area contributed by atoms with Crippen molar-refractivity contribution in [3.05, 3.63) is 0 Å². The van der Waals surface area contributed by atoms with Crippen LogP contribution in [-0.4, -0.2) is 35.3 Å². The normalized spacial score (nSPS) is 13.4. The van der Waals surface area contributed by atoms with E-state index >= 15 is 0 Å². The highest BCUT2D eigenvalue weighted by Gasteiger charge is 2.12. The number of hydrogen-bond donors (Lipinski definition) is 1. The summed E-state index contributed by atoms with van der Waals surface area (Å²) in [6, 6.07) is 0.539. The summed E-state index contributed by atoms with van der Waals surface area (Å²) >= 11 is 5.11. The fourth-order valence-electron chi connectivity index (χ4n) is 1.11. The van der Waals surface area contributed by atoms with Gasteiger partial charge in [0.1, 0.15) is 0 Å². The van der Waals surface area contributed by atoms with Gasteiger partial charge in [0.15, 0.2) is 8.68 Å². The van der Waals surface area contributed by atoms with Gasteiger partial charge in [0.2, 0.25) is 0 Å². The second-order valence-electron chi connectivity index (χ2n) is 3.49. The topological polar surface area (TPSA) is 37.8 Å². The molecule has 1 aromatic heterocycles. The molecule has 0 saturated heterocycles. The van der Waals surface area contributed by atoms with E-state index < -0.39 is 0 Å². The lowest BCUT2D eigenvalue weighted by Crippen LogP contribution is -2.32. The molecule has 0 fully saturated rings. The molecular weight excluding hydrogens is 246 g/mol. The van der Waals surface area contributed by atoms with Gasteiger partial charge in [-0.3, -0.25) is 0 Å². The second kappa shape index (κ2) is 6.73. The molecule has 3 nitrogen and oxygen atoms in total. The van der Waals surface area contributed by atoms with Crippen molar-refractivity contribution >= 4 is 34.9 Å². The van der Waals surface area contributed by atoms with Crippen LogP contribution in [0.3, 0.4) is 0 Å². The Hall–Kier alpha value is 0.220. The van der Waals surface area contributed by atoms with E-state index in [1.54, 1.807) is 34.9 Å². The summed E-state index contributed by atoms with van der Waals surface area (Å²) in [7, 11) is 2.01. The number of nitrogens with zero attached hydrogens (tertiary/aromatic N) is 2. The minimum absolute atomic E-state index is 0.539. The molecule has 0 spiro atoms. The highest BCUT2D eigenvalue weighted by molar-refractivity contribution is 8.03. The summed E-state index contributed by atoms with van der Waals surface area (Å²) in [6.07, 6.45) is 2.03. The molecule has 15 heavy (non-hydrogen) atoms. The van der Waals surface area contributed by atoms with Gasteiger partial charge in [-0.05, 0) is 19.2 Å². The number of hydrogen-bond acceptors (Lipinski definition) is 6. The molecule has 1 heterocycles. The minimum atomic E-state index is 0.539. The maximum Gasteiger partial charge on any atom is 0.175 e. The zero-order valence-electron chi connectivity index (χ0n) is 9.48. The lowest BCUT2D eigenvalue weighted by atomic mass is 10.1. The summed E-state index contributed by atoms with van der Waals surface area (Å²) in [5, 5.41) is 11.5. The van der Waals surface area contributed by atoms with Crippen LogP contribution in [0.15, 0.2) is 8.68 Å². The molecule has 0 saturated carbocycles. The Morgan fingerprint density at radius 1 is 1.33 bits per heavy atom. The zero-order valence-corrected chi connectivity index (χ0v) is 11.9. The number of aromatic nitrogens is 2. The molecule has 0 radical (unpaired) electrons. The molecule has 0 aliphatic rings. The van der Waals surface area contributed by atoms with Crippen molar-refractivity contribution in [2.75, 3.05) is 19.1 Å². The predicted octanol–water partition coefficient (Wildman–Crippen LogP) is 2.60. The SMILES string of the molecule is CNC(CSc1nnc(SC)s1)C(C)C. The third-order valence-electron chi connectivity index (χ3n) is 2.12. The molecule has 1 unspecified atom stereocenters. The summed E-state index contributed by atoms with van der Waals surface area (Å²) in [5.41, 5.74) is 0. The Kier molecular flexibility index (Phi) is 5.96. The number of thioether (sulfide) groups is 2. The predicted molar refractivity (Wildman–Crippen MR) is 70.1 cm³/mol. The molecule has 0 aliphatic heterocycles. The summed E-state index contributed by atoms with van der Waals surface area (Å²) in [4.78, 5) is 0. The van der Waals surface area contributed by atoms with Crippen molar-refractivity contribution in [3.8, 4) is 0 Å². The Morgan fingerprint density at radius 2 is 2.00 bits per heavy atom. The van der Waals surface area contributed by atoms with E-state index in [1.165, 1.54) is 0 Å². The van der Waals surface area contributed by atoms with Crippen LogP contribution in [0.25, 0.3) is 0 Å². The van der Waals surface area contributed by atoms with Crippen LogP contribution in [0.5, 0.6) is 0 Å². The van der Waals surface area contributed by atoms with E-state index in [-0.39, 0.29) is 0 Å². The van der Waals surface area contributed by atoms with Crippen molar-refractivity contribution in [2.24, 2.45) is 5.92 Å². The summed E-state index contributed by atoms with van der Waals surface area (Å²) in [6.45, 7) is 4.46. The van der Waals surface area contributed by atoms with Crippen molar-refractivity contribution in [3.63, 3.8) is 0 Å². The first-order valence-corrected chi connectivity index (χ1v) is 7.87. The fourth-order valence-corrected chi connectivity index (χ4v) is 3.92. The van der Waals surface area contributed by atoms with Gasteiger partial charge >= 0.3 is 0 Å². The average Bonchev–Trinajstić information content (AvgIpc) is 2.66. The van der Waals surface area contributed by atoms with Gasteiger partial charge in [-0.15, -0.1) is 10.2 Å². The van der Waals surface area contributed by atoms with Crippen LogP contribution in [0.1, 0.15) is 13.8 Å². The van der Waals surface area contributed by atoms with Crippen LogP contribution >= 0.6 is 34.9 Å². The van der Waals surface area contributed by atoms with Crippen LogP contribution in [0, 0.1) is 5.92 Å². The van der Waals surface area contributed by atoms with Crippen LogP contribution in [0.4, 0.5) is 0 Å². The maximum atomic E-state index is 4.14. The second-order valence-corrected chi connectivity index (χ2v) is 6.79. The lowest BCUT2D eigenvalue weighted by molar-refractivity contribution is 0.465. The van der Waals surface area contributed by atoms with Crippen LogP contribution in [-0.2, 0) is 0 Å². The van der Waals surface area contributed by atoms with Crippen molar-refractivity contribution < 1.29 is 0 Å². The highest BCUT2D eigenvalue weighted by atomic mass is 32.2.